The third-order valence-corrected chi connectivity index (χ3v) is 7.74. The van der Waals surface area contributed by atoms with Gasteiger partial charge in [-0.05, 0) is 36.4 Å². The summed E-state index contributed by atoms with van der Waals surface area (Å²) in [5.74, 6) is -0.145. The van der Waals surface area contributed by atoms with E-state index in [2.05, 4.69) is 4.98 Å². The fourth-order valence-electron chi connectivity index (χ4n) is 3.01. The number of carbonyl (C=O) groups excluding carboxylic acids is 1. The van der Waals surface area contributed by atoms with Crippen molar-refractivity contribution in [3.05, 3.63) is 48.0 Å². The van der Waals surface area contributed by atoms with E-state index < -0.39 is 16.0 Å². The van der Waals surface area contributed by atoms with E-state index in [1.54, 1.807) is 18.2 Å². The highest BCUT2D eigenvalue weighted by atomic mass is 32.2. The van der Waals surface area contributed by atoms with Gasteiger partial charge in [0.2, 0.25) is 10.0 Å². The van der Waals surface area contributed by atoms with Crippen molar-refractivity contribution in [3.8, 4) is 5.75 Å². The van der Waals surface area contributed by atoms with Crippen LogP contribution in [-0.2, 0) is 14.8 Å². The molecule has 0 aliphatic carbocycles. The van der Waals surface area contributed by atoms with Crippen molar-refractivity contribution in [2.45, 2.75) is 4.90 Å². The summed E-state index contributed by atoms with van der Waals surface area (Å²) in [5, 5.41) is 0.866. The largest absolute Gasteiger partial charge is 0.423 e. The van der Waals surface area contributed by atoms with Gasteiger partial charge in [-0.2, -0.15) is 4.31 Å². The maximum Gasteiger partial charge on any atom is 0.343 e. The minimum atomic E-state index is -3.60. The molecule has 30 heavy (non-hydrogen) atoms. The van der Waals surface area contributed by atoms with Gasteiger partial charge in [-0.1, -0.05) is 11.3 Å². The number of carbonyl (C=O) groups is 1. The minimum Gasteiger partial charge on any atom is -0.423 e. The van der Waals surface area contributed by atoms with Crippen LogP contribution in [0.3, 0.4) is 0 Å². The molecule has 1 saturated heterocycles. The third kappa shape index (κ3) is 4.17. The maximum absolute atomic E-state index is 12.7. The Bertz CT molecular complexity index is 1170. The zero-order valence-electron chi connectivity index (χ0n) is 16.6. The average Bonchev–Trinajstić information content (AvgIpc) is 3.18. The summed E-state index contributed by atoms with van der Waals surface area (Å²) in [6.45, 7) is 1.40. The van der Waals surface area contributed by atoms with E-state index in [0.29, 0.717) is 32.1 Å². The smallest absolute Gasteiger partial charge is 0.343 e. The van der Waals surface area contributed by atoms with Crippen LogP contribution in [0.2, 0.25) is 0 Å². The zero-order valence-corrected chi connectivity index (χ0v) is 18.2. The Morgan fingerprint density at radius 2 is 1.83 bits per heavy atom. The summed E-state index contributed by atoms with van der Waals surface area (Å²) in [6.07, 6.45) is 0. The molecule has 8 nitrogen and oxygen atoms in total. The maximum atomic E-state index is 12.7. The van der Waals surface area contributed by atoms with Gasteiger partial charge in [0.25, 0.3) is 0 Å². The number of ether oxygens (including phenoxy) is 2. The SMILES string of the molecule is CN(C)c1nc2ccc(OC(=O)c3ccc(S(=O)(=O)N4CCOCC4)cc3)cc2s1. The lowest BCUT2D eigenvalue weighted by atomic mass is 10.2. The standard InChI is InChI=1S/C20H21N3O5S2/c1-22(2)20-21-17-8-5-15(13-18(17)29-20)28-19(24)14-3-6-16(7-4-14)30(25,26)23-9-11-27-12-10-23/h3-8,13H,9-12H2,1-2H3. The summed E-state index contributed by atoms with van der Waals surface area (Å²) in [5.41, 5.74) is 1.11. The van der Waals surface area contributed by atoms with Crippen molar-refractivity contribution in [2.24, 2.45) is 0 Å². The van der Waals surface area contributed by atoms with E-state index >= 15 is 0 Å². The number of thiazole rings is 1. The second-order valence-electron chi connectivity index (χ2n) is 6.95. The Balaban J connectivity index is 1.49. The summed E-state index contributed by atoms with van der Waals surface area (Å²) in [7, 11) is 0.236. The first-order chi connectivity index (χ1) is 14.3. The molecular formula is C20H21N3O5S2. The van der Waals surface area contributed by atoms with Gasteiger partial charge < -0.3 is 14.4 Å². The Kier molecular flexibility index (Phi) is 5.74. The number of hydrogen-bond donors (Lipinski definition) is 0. The normalized spacial score (nSPS) is 15.3. The lowest BCUT2D eigenvalue weighted by Crippen LogP contribution is -2.40. The van der Waals surface area contributed by atoms with Crippen LogP contribution in [0.4, 0.5) is 5.13 Å². The van der Waals surface area contributed by atoms with Gasteiger partial charge in [0.15, 0.2) is 5.13 Å². The van der Waals surface area contributed by atoms with Crippen molar-refractivity contribution < 1.29 is 22.7 Å². The topological polar surface area (TPSA) is 89.0 Å². The van der Waals surface area contributed by atoms with Gasteiger partial charge in [-0.3, -0.25) is 0 Å². The molecule has 0 bridgehead atoms. The van der Waals surface area contributed by atoms with Crippen molar-refractivity contribution >= 4 is 42.7 Å². The monoisotopic (exact) mass is 447 g/mol. The van der Waals surface area contributed by atoms with Crippen LogP contribution >= 0.6 is 11.3 Å². The molecule has 1 aromatic heterocycles. The number of benzene rings is 2. The summed E-state index contributed by atoms with van der Waals surface area (Å²) in [4.78, 5) is 19.1. The van der Waals surface area contributed by atoms with Crippen LogP contribution in [0.1, 0.15) is 10.4 Å². The number of morpholine rings is 1. The van der Waals surface area contributed by atoms with E-state index in [-0.39, 0.29) is 10.5 Å². The molecule has 4 rings (SSSR count). The molecule has 0 unspecified atom stereocenters. The van der Waals surface area contributed by atoms with Crippen LogP contribution in [0.25, 0.3) is 10.2 Å². The molecule has 10 heteroatoms. The third-order valence-electron chi connectivity index (χ3n) is 4.64. The molecule has 2 heterocycles. The Labute approximate surface area is 178 Å². The molecule has 1 aliphatic rings. The van der Waals surface area contributed by atoms with Crippen LogP contribution in [0, 0.1) is 0 Å². The van der Waals surface area contributed by atoms with Crippen LogP contribution < -0.4 is 9.64 Å². The van der Waals surface area contributed by atoms with Crippen molar-refractivity contribution in [1.82, 2.24) is 9.29 Å². The molecule has 2 aromatic carbocycles. The molecule has 0 spiro atoms. The molecule has 0 saturated carbocycles. The van der Waals surface area contributed by atoms with Gasteiger partial charge in [-0.25, -0.2) is 18.2 Å². The van der Waals surface area contributed by atoms with Gasteiger partial charge >= 0.3 is 5.97 Å². The number of aromatic nitrogens is 1. The fraction of sp³-hybridized carbons (Fsp3) is 0.300. The van der Waals surface area contributed by atoms with Crippen LogP contribution in [-0.4, -0.2) is 64.1 Å². The van der Waals surface area contributed by atoms with Crippen molar-refractivity contribution in [2.75, 3.05) is 45.3 Å². The first-order valence-electron chi connectivity index (χ1n) is 9.33. The fourth-order valence-corrected chi connectivity index (χ4v) is 5.34. The summed E-state index contributed by atoms with van der Waals surface area (Å²) < 4.78 is 38.3. The lowest BCUT2D eigenvalue weighted by molar-refractivity contribution is 0.0730. The molecule has 0 N–H and O–H groups in total. The van der Waals surface area contributed by atoms with E-state index in [4.69, 9.17) is 9.47 Å². The van der Waals surface area contributed by atoms with Crippen molar-refractivity contribution in [1.29, 1.82) is 0 Å². The molecular weight excluding hydrogens is 426 g/mol. The number of sulfonamides is 1. The molecule has 1 aliphatic heterocycles. The molecule has 0 atom stereocenters. The van der Waals surface area contributed by atoms with E-state index in [0.717, 1.165) is 15.3 Å². The zero-order chi connectivity index (χ0) is 21.3. The number of anilines is 1. The average molecular weight is 448 g/mol. The summed E-state index contributed by atoms with van der Waals surface area (Å²) >= 11 is 1.50. The molecule has 158 valence electrons. The first kappa shape index (κ1) is 20.7. The first-order valence-corrected chi connectivity index (χ1v) is 11.6. The number of esters is 1. The number of rotatable bonds is 5. The Morgan fingerprint density at radius 3 is 2.50 bits per heavy atom. The van der Waals surface area contributed by atoms with Gasteiger partial charge in [0, 0.05) is 33.3 Å². The molecule has 3 aromatic rings. The van der Waals surface area contributed by atoms with Crippen LogP contribution in [0.5, 0.6) is 5.75 Å². The lowest BCUT2D eigenvalue weighted by Gasteiger charge is -2.26. The quantitative estimate of drug-likeness (QED) is 0.439. The highest BCUT2D eigenvalue weighted by molar-refractivity contribution is 7.89. The minimum absolute atomic E-state index is 0.142. The summed E-state index contributed by atoms with van der Waals surface area (Å²) in [6, 6.07) is 11.1. The van der Waals surface area contributed by atoms with E-state index in [9.17, 15) is 13.2 Å². The van der Waals surface area contributed by atoms with E-state index in [1.165, 1.54) is 39.9 Å². The van der Waals surface area contributed by atoms with Gasteiger partial charge in [0.05, 0.1) is 33.9 Å². The Hall–Kier alpha value is -2.53. The number of nitrogens with zero attached hydrogens (tertiary/aromatic N) is 3. The number of hydrogen-bond acceptors (Lipinski definition) is 8. The Morgan fingerprint density at radius 1 is 1.13 bits per heavy atom. The second kappa shape index (κ2) is 8.31. The van der Waals surface area contributed by atoms with Gasteiger partial charge in [0.1, 0.15) is 5.75 Å². The highest BCUT2D eigenvalue weighted by Crippen LogP contribution is 2.30. The van der Waals surface area contributed by atoms with E-state index in [1.807, 2.05) is 19.0 Å². The van der Waals surface area contributed by atoms with Crippen LogP contribution in [0.15, 0.2) is 47.4 Å². The van der Waals surface area contributed by atoms with Crippen molar-refractivity contribution in [3.63, 3.8) is 0 Å². The molecule has 0 amide bonds. The molecule has 0 radical (unpaired) electrons. The van der Waals surface area contributed by atoms with Gasteiger partial charge in [-0.15, -0.1) is 0 Å². The second-order valence-corrected chi connectivity index (χ2v) is 9.90. The number of fused-ring (bicyclic) bond motifs is 1. The molecule has 1 fully saturated rings. The predicted molar refractivity (Wildman–Crippen MR) is 115 cm³/mol. The predicted octanol–water partition coefficient (Wildman–Crippen LogP) is 2.60. The highest BCUT2D eigenvalue weighted by Gasteiger charge is 2.26.